The second-order valence-electron chi connectivity index (χ2n) is 5.32. The molecule has 1 heterocycles. The highest BCUT2D eigenvalue weighted by Gasteiger charge is 2.11. The van der Waals surface area contributed by atoms with Crippen molar-refractivity contribution in [3.8, 4) is 0 Å². The molecule has 1 saturated heterocycles. The van der Waals surface area contributed by atoms with Gasteiger partial charge in [0.2, 0.25) is 0 Å². The Hall–Kier alpha value is -1.62. The molecule has 0 unspecified atom stereocenters. The van der Waals surface area contributed by atoms with Gasteiger partial charge in [0.25, 0.3) is 0 Å². The van der Waals surface area contributed by atoms with Crippen LogP contribution >= 0.6 is 12.2 Å². The van der Waals surface area contributed by atoms with Crippen molar-refractivity contribution in [2.24, 2.45) is 5.10 Å². The third-order valence-electron chi connectivity index (χ3n) is 3.68. The van der Waals surface area contributed by atoms with Gasteiger partial charge in [0.15, 0.2) is 5.11 Å². The van der Waals surface area contributed by atoms with Crippen molar-refractivity contribution in [3.63, 3.8) is 0 Å². The summed E-state index contributed by atoms with van der Waals surface area (Å²) in [6.07, 6.45) is 5.78. The van der Waals surface area contributed by atoms with E-state index >= 15 is 0 Å². The number of nitrogens with one attached hydrogen (secondary N) is 2. The predicted octanol–water partition coefficient (Wildman–Crippen LogP) is 2.80. The van der Waals surface area contributed by atoms with Gasteiger partial charge in [0.05, 0.1) is 6.21 Å². The SMILES string of the molecule is CCNC(=S)NN=Cc1ccc(N2CCCCC2)cc1C. The summed E-state index contributed by atoms with van der Waals surface area (Å²) in [5, 5.41) is 7.72. The first-order valence-corrected chi connectivity index (χ1v) is 8.04. The van der Waals surface area contributed by atoms with E-state index < -0.39 is 0 Å². The lowest BCUT2D eigenvalue weighted by Gasteiger charge is -2.29. The number of anilines is 1. The van der Waals surface area contributed by atoms with Crippen LogP contribution in [-0.4, -0.2) is 31.0 Å². The quantitative estimate of drug-likeness (QED) is 0.510. The minimum atomic E-state index is 0.552. The molecule has 1 aromatic carbocycles. The van der Waals surface area contributed by atoms with Crippen molar-refractivity contribution in [2.75, 3.05) is 24.5 Å². The summed E-state index contributed by atoms with van der Waals surface area (Å²) in [4.78, 5) is 2.47. The molecule has 1 aromatic rings. The van der Waals surface area contributed by atoms with Crippen LogP contribution in [0, 0.1) is 6.92 Å². The van der Waals surface area contributed by atoms with E-state index in [9.17, 15) is 0 Å². The lowest BCUT2D eigenvalue weighted by atomic mass is 10.1. The molecule has 21 heavy (non-hydrogen) atoms. The Morgan fingerprint density at radius 2 is 2.10 bits per heavy atom. The van der Waals surface area contributed by atoms with Crippen LogP contribution in [0.2, 0.25) is 0 Å². The van der Waals surface area contributed by atoms with Gasteiger partial charge < -0.3 is 10.2 Å². The fraction of sp³-hybridized carbons (Fsp3) is 0.500. The number of benzene rings is 1. The van der Waals surface area contributed by atoms with Crippen LogP contribution in [0.5, 0.6) is 0 Å². The van der Waals surface area contributed by atoms with Crippen molar-refractivity contribution < 1.29 is 0 Å². The Morgan fingerprint density at radius 1 is 1.33 bits per heavy atom. The van der Waals surface area contributed by atoms with Gasteiger partial charge in [-0.15, -0.1) is 0 Å². The van der Waals surface area contributed by atoms with Crippen LogP contribution < -0.4 is 15.6 Å². The number of hydrazone groups is 1. The molecule has 2 N–H and O–H groups in total. The second-order valence-corrected chi connectivity index (χ2v) is 5.73. The number of thiocarbonyl (C=S) groups is 1. The zero-order chi connectivity index (χ0) is 15.1. The van der Waals surface area contributed by atoms with Gasteiger partial charge in [-0.05, 0) is 68.6 Å². The molecular weight excluding hydrogens is 280 g/mol. The Morgan fingerprint density at radius 3 is 2.76 bits per heavy atom. The number of piperidine rings is 1. The molecule has 1 aliphatic heterocycles. The summed E-state index contributed by atoms with van der Waals surface area (Å²) in [5.41, 5.74) is 6.48. The van der Waals surface area contributed by atoms with Gasteiger partial charge in [-0.3, -0.25) is 5.43 Å². The van der Waals surface area contributed by atoms with Crippen molar-refractivity contribution >= 4 is 29.2 Å². The van der Waals surface area contributed by atoms with Crippen LogP contribution in [-0.2, 0) is 0 Å². The maximum Gasteiger partial charge on any atom is 0.186 e. The summed E-state index contributed by atoms with van der Waals surface area (Å²) < 4.78 is 0. The van der Waals surface area contributed by atoms with E-state index in [2.05, 4.69) is 45.9 Å². The molecule has 2 rings (SSSR count). The van der Waals surface area contributed by atoms with Gasteiger partial charge in [-0.1, -0.05) is 6.07 Å². The molecule has 0 amide bonds. The molecule has 0 saturated carbocycles. The van der Waals surface area contributed by atoms with E-state index in [1.165, 1.54) is 43.6 Å². The number of aryl methyl sites for hydroxylation is 1. The van der Waals surface area contributed by atoms with E-state index in [1.807, 2.05) is 13.1 Å². The monoisotopic (exact) mass is 304 g/mol. The van der Waals surface area contributed by atoms with Gasteiger partial charge in [-0.25, -0.2) is 0 Å². The predicted molar refractivity (Wildman–Crippen MR) is 94.2 cm³/mol. The average molecular weight is 304 g/mol. The highest BCUT2D eigenvalue weighted by molar-refractivity contribution is 7.80. The minimum Gasteiger partial charge on any atom is -0.372 e. The third kappa shape index (κ3) is 4.70. The van der Waals surface area contributed by atoms with Crippen LogP contribution in [0.15, 0.2) is 23.3 Å². The summed E-state index contributed by atoms with van der Waals surface area (Å²) in [6, 6.07) is 6.55. The van der Waals surface area contributed by atoms with Crippen LogP contribution in [0.1, 0.15) is 37.3 Å². The van der Waals surface area contributed by atoms with Crippen molar-refractivity contribution in [3.05, 3.63) is 29.3 Å². The minimum absolute atomic E-state index is 0.552. The van der Waals surface area contributed by atoms with Gasteiger partial charge >= 0.3 is 0 Å². The van der Waals surface area contributed by atoms with E-state index in [0.29, 0.717) is 5.11 Å². The summed E-state index contributed by atoms with van der Waals surface area (Å²) >= 11 is 5.06. The second kappa shape index (κ2) is 7.98. The van der Waals surface area contributed by atoms with Gasteiger partial charge in [0.1, 0.15) is 0 Å². The molecule has 4 nitrogen and oxygen atoms in total. The van der Waals surface area contributed by atoms with E-state index in [-0.39, 0.29) is 0 Å². The first-order chi connectivity index (χ1) is 10.2. The standard InChI is InChI=1S/C16H24N4S/c1-3-17-16(21)19-18-12-14-7-8-15(11-13(14)2)20-9-5-4-6-10-20/h7-8,11-12H,3-6,9-10H2,1-2H3,(H2,17,19,21). The first-order valence-electron chi connectivity index (χ1n) is 7.63. The molecule has 0 bridgehead atoms. The molecule has 0 spiro atoms. The Labute approximate surface area is 132 Å². The summed E-state index contributed by atoms with van der Waals surface area (Å²) in [7, 11) is 0. The molecule has 0 radical (unpaired) electrons. The molecular formula is C16H24N4S. The zero-order valence-electron chi connectivity index (χ0n) is 12.9. The van der Waals surface area contributed by atoms with Crippen molar-refractivity contribution in [2.45, 2.75) is 33.1 Å². The molecule has 0 aromatic heterocycles. The Kier molecular flexibility index (Phi) is 5.99. The maximum atomic E-state index is 5.06. The molecule has 1 aliphatic rings. The van der Waals surface area contributed by atoms with E-state index in [0.717, 1.165) is 12.1 Å². The van der Waals surface area contributed by atoms with E-state index in [1.54, 1.807) is 0 Å². The zero-order valence-corrected chi connectivity index (χ0v) is 13.7. The fourth-order valence-electron chi connectivity index (χ4n) is 2.51. The lowest BCUT2D eigenvalue weighted by molar-refractivity contribution is 0.578. The molecule has 0 atom stereocenters. The Balaban J connectivity index is 1.98. The molecule has 114 valence electrons. The third-order valence-corrected chi connectivity index (χ3v) is 3.92. The number of hydrogen-bond donors (Lipinski definition) is 2. The summed E-state index contributed by atoms with van der Waals surface area (Å²) in [6.45, 7) is 7.26. The molecule has 1 fully saturated rings. The number of rotatable bonds is 4. The normalized spacial score (nSPS) is 15.2. The average Bonchev–Trinajstić information content (AvgIpc) is 2.50. The highest BCUT2D eigenvalue weighted by atomic mass is 32.1. The first kappa shape index (κ1) is 15.8. The van der Waals surface area contributed by atoms with Crippen molar-refractivity contribution in [1.82, 2.24) is 10.7 Å². The number of nitrogens with zero attached hydrogens (tertiary/aromatic N) is 2. The van der Waals surface area contributed by atoms with Crippen LogP contribution in [0.4, 0.5) is 5.69 Å². The fourth-order valence-corrected chi connectivity index (χ4v) is 2.71. The molecule has 0 aliphatic carbocycles. The Bertz CT molecular complexity index is 507. The largest absolute Gasteiger partial charge is 0.372 e. The van der Waals surface area contributed by atoms with Gasteiger partial charge in [0, 0.05) is 25.3 Å². The topological polar surface area (TPSA) is 39.7 Å². The van der Waals surface area contributed by atoms with Crippen molar-refractivity contribution in [1.29, 1.82) is 0 Å². The van der Waals surface area contributed by atoms with E-state index in [4.69, 9.17) is 12.2 Å². The highest BCUT2D eigenvalue weighted by Crippen LogP contribution is 2.22. The van der Waals surface area contributed by atoms with Crippen LogP contribution in [0.3, 0.4) is 0 Å². The maximum absolute atomic E-state index is 5.06. The van der Waals surface area contributed by atoms with Gasteiger partial charge in [-0.2, -0.15) is 5.10 Å². The number of hydrogen-bond acceptors (Lipinski definition) is 3. The smallest absolute Gasteiger partial charge is 0.186 e. The molecule has 5 heteroatoms. The van der Waals surface area contributed by atoms with Crippen LogP contribution in [0.25, 0.3) is 0 Å². The lowest BCUT2D eigenvalue weighted by Crippen LogP contribution is -2.31. The summed E-state index contributed by atoms with van der Waals surface area (Å²) in [5.74, 6) is 0.